The molecule has 0 bridgehead atoms. The van der Waals surface area contributed by atoms with Crippen LogP contribution in [0.4, 0.5) is 31.4 Å². The average molecular weight is 760 g/mol. The molecular weight excluding hydrogens is 704 g/mol. The summed E-state index contributed by atoms with van der Waals surface area (Å²) in [4.78, 5) is 66.8. The Labute approximate surface area is 315 Å². The van der Waals surface area contributed by atoms with Crippen molar-refractivity contribution in [3.8, 4) is 11.4 Å². The Morgan fingerprint density at radius 2 is 1.44 bits per heavy atom. The van der Waals surface area contributed by atoms with E-state index in [2.05, 4.69) is 30.2 Å². The third-order valence-electron chi connectivity index (χ3n) is 9.83. The van der Waals surface area contributed by atoms with Gasteiger partial charge < -0.3 is 40.1 Å². The van der Waals surface area contributed by atoms with E-state index in [9.17, 15) is 23.2 Å². The lowest BCUT2D eigenvalue weighted by molar-refractivity contribution is -0.138. The zero-order valence-electron chi connectivity index (χ0n) is 31.8. The predicted molar refractivity (Wildman–Crippen MR) is 198 cm³/mol. The van der Waals surface area contributed by atoms with E-state index >= 15 is 0 Å². The maximum atomic E-state index is 14.0. The van der Waals surface area contributed by atoms with Crippen LogP contribution in [0.15, 0.2) is 6.20 Å². The first-order valence-corrected chi connectivity index (χ1v) is 19.1. The van der Waals surface area contributed by atoms with Crippen LogP contribution in [0.5, 0.6) is 0 Å². The molecule has 0 saturated carbocycles. The van der Waals surface area contributed by atoms with Gasteiger partial charge in [0.15, 0.2) is 5.82 Å². The summed E-state index contributed by atoms with van der Waals surface area (Å²) < 4.78 is 38.6. The van der Waals surface area contributed by atoms with Gasteiger partial charge in [-0.3, -0.25) is 9.59 Å². The molecule has 3 amide bonds. The molecule has 3 N–H and O–H groups in total. The van der Waals surface area contributed by atoms with E-state index in [0.717, 1.165) is 58.0 Å². The number of carbonyl (C=O) groups excluding carboxylic acids is 3. The number of alkyl carbamates (subject to hydrolysis) is 1. The zero-order chi connectivity index (χ0) is 38.7. The van der Waals surface area contributed by atoms with Gasteiger partial charge in [0.1, 0.15) is 11.3 Å². The lowest BCUT2D eigenvalue weighted by Crippen LogP contribution is -2.49. The molecule has 16 nitrogen and oxygen atoms in total. The van der Waals surface area contributed by atoms with Gasteiger partial charge in [-0.2, -0.15) is 15.0 Å². The molecule has 2 aromatic rings. The van der Waals surface area contributed by atoms with Crippen LogP contribution in [0.25, 0.3) is 11.4 Å². The Hall–Kier alpha value is -4.48. The molecule has 0 atom stereocenters. The highest BCUT2D eigenvalue weighted by molar-refractivity contribution is 5.84. The molecule has 0 spiro atoms. The second-order valence-corrected chi connectivity index (χ2v) is 15.0. The molecule has 5 rings (SSSR count). The fraction of sp³-hybridized carbons (Fsp3) is 0.722. The number of hydrogen-bond donors (Lipinski definition) is 2. The van der Waals surface area contributed by atoms with Gasteiger partial charge in [0.05, 0.1) is 18.8 Å². The number of anilines is 3. The van der Waals surface area contributed by atoms with Crippen molar-refractivity contribution in [3.63, 3.8) is 0 Å². The van der Waals surface area contributed by atoms with E-state index in [1.54, 1.807) is 4.90 Å². The van der Waals surface area contributed by atoms with Crippen molar-refractivity contribution < 1.29 is 32.6 Å². The molecule has 54 heavy (non-hydrogen) atoms. The summed E-state index contributed by atoms with van der Waals surface area (Å²) >= 11 is 0. The Bertz CT molecular complexity index is 1560. The van der Waals surface area contributed by atoms with Crippen molar-refractivity contribution in [2.24, 2.45) is 5.92 Å². The molecule has 3 aliphatic rings. The van der Waals surface area contributed by atoms with Crippen molar-refractivity contribution in [2.45, 2.75) is 90.6 Å². The lowest BCUT2D eigenvalue weighted by atomic mass is 9.91. The molecule has 0 aliphatic carbocycles. The number of nitrogens with one attached hydrogen (secondary N) is 1. The summed E-state index contributed by atoms with van der Waals surface area (Å²) in [5, 5.41) is 2.80. The van der Waals surface area contributed by atoms with Crippen molar-refractivity contribution in [3.05, 3.63) is 11.9 Å². The predicted octanol–water partition coefficient (Wildman–Crippen LogP) is 3.83. The van der Waals surface area contributed by atoms with Crippen LogP contribution in [0.1, 0.15) is 90.7 Å². The summed E-state index contributed by atoms with van der Waals surface area (Å²) in [6.45, 7) is 11.2. The highest BCUT2D eigenvalue weighted by Crippen LogP contribution is 2.30. The number of rotatable bonds is 14. The number of unbranched alkanes of at least 4 members (excludes halogenated alkanes) is 3. The third-order valence-corrected chi connectivity index (χ3v) is 9.83. The minimum Gasteiger partial charge on any atom is -0.444 e. The second kappa shape index (κ2) is 19.2. The smallest absolute Gasteiger partial charge is 0.407 e. The number of hydrogen-bond acceptors (Lipinski definition) is 13. The number of halogens is 2. The number of nitrogens with two attached hydrogens (primary N) is 1. The summed E-state index contributed by atoms with van der Waals surface area (Å²) in [5.74, 6) is 0.912. The standard InChI is InChI=1S/C36H55F2N11O5/c1-36(2,3)54-35(52)40-13-7-5-4-6-8-25-11-14-46(15-12-25)27(50)9-10-28(51)47-16-18-48(19-17-47)33-43-31(26-24-41-32(39)42-29(26)30(37)38)44-34(45-33)49-20-22-53-23-21-49/h24-25,30H,4-23H2,1-3H3,(H,40,52)(H2,39,41,42). The van der Waals surface area contributed by atoms with Crippen LogP contribution < -0.4 is 20.9 Å². The van der Waals surface area contributed by atoms with E-state index in [-0.39, 0.29) is 48.1 Å². The van der Waals surface area contributed by atoms with Gasteiger partial charge in [-0.15, -0.1) is 0 Å². The van der Waals surface area contributed by atoms with Crippen molar-refractivity contribution in [1.82, 2.24) is 40.0 Å². The number of piperidine rings is 1. The number of ether oxygens (including phenoxy) is 2. The monoisotopic (exact) mass is 759 g/mol. The molecule has 298 valence electrons. The molecule has 0 aromatic carbocycles. The molecule has 3 aliphatic heterocycles. The minimum absolute atomic E-state index is 0.0133. The Balaban J connectivity index is 1.04. The van der Waals surface area contributed by atoms with Gasteiger partial charge in [-0.05, 0) is 46.0 Å². The number of morpholine rings is 1. The van der Waals surface area contributed by atoms with Gasteiger partial charge >= 0.3 is 6.09 Å². The third kappa shape index (κ3) is 12.0. The van der Waals surface area contributed by atoms with Gasteiger partial charge in [0.25, 0.3) is 6.43 Å². The van der Waals surface area contributed by atoms with Gasteiger partial charge in [-0.25, -0.2) is 23.5 Å². The fourth-order valence-corrected chi connectivity index (χ4v) is 6.84. The van der Waals surface area contributed by atoms with E-state index < -0.39 is 17.7 Å². The summed E-state index contributed by atoms with van der Waals surface area (Å²) in [5.41, 5.74) is 4.52. The van der Waals surface area contributed by atoms with Crippen LogP contribution >= 0.6 is 0 Å². The summed E-state index contributed by atoms with van der Waals surface area (Å²) in [6.07, 6.45) is 5.54. The van der Waals surface area contributed by atoms with Crippen LogP contribution in [0, 0.1) is 5.92 Å². The van der Waals surface area contributed by atoms with Gasteiger partial charge in [-0.1, -0.05) is 25.7 Å². The molecule has 2 aromatic heterocycles. The Morgan fingerprint density at radius 1 is 0.852 bits per heavy atom. The summed E-state index contributed by atoms with van der Waals surface area (Å²) in [7, 11) is 0. The van der Waals surface area contributed by atoms with Crippen LogP contribution in [-0.2, 0) is 19.1 Å². The first-order chi connectivity index (χ1) is 25.9. The minimum atomic E-state index is -2.92. The number of carbonyl (C=O) groups is 3. The number of amides is 3. The SMILES string of the molecule is CC(C)(C)OC(=O)NCCCCCCC1CCN(C(=O)CCC(=O)N2CCN(c3nc(-c4cnc(N)nc4C(F)F)nc(N4CCOCC4)n3)CC2)CC1. The summed E-state index contributed by atoms with van der Waals surface area (Å²) in [6, 6.07) is 0. The molecule has 5 heterocycles. The van der Waals surface area contributed by atoms with E-state index in [0.29, 0.717) is 76.8 Å². The maximum absolute atomic E-state index is 14.0. The average Bonchev–Trinajstić information content (AvgIpc) is 3.16. The number of alkyl halides is 2. The zero-order valence-corrected chi connectivity index (χ0v) is 31.8. The first kappa shape index (κ1) is 40.7. The molecular formula is C36H55F2N11O5. The van der Waals surface area contributed by atoms with Crippen molar-refractivity contribution >= 4 is 35.8 Å². The number of piperazine rings is 1. The maximum Gasteiger partial charge on any atom is 0.407 e. The molecule has 0 unspecified atom stereocenters. The molecule has 0 radical (unpaired) electrons. The first-order valence-electron chi connectivity index (χ1n) is 19.1. The van der Waals surface area contributed by atoms with Crippen molar-refractivity contribution in [2.75, 3.05) is 87.7 Å². The number of aromatic nitrogens is 5. The fourth-order valence-electron chi connectivity index (χ4n) is 6.84. The Kier molecular flexibility index (Phi) is 14.5. The van der Waals surface area contributed by atoms with Gasteiger partial charge in [0.2, 0.25) is 29.7 Å². The second-order valence-electron chi connectivity index (χ2n) is 15.0. The molecule has 3 fully saturated rings. The van der Waals surface area contributed by atoms with E-state index in [4.69, 9.17) is 15.2 Å². The highest BCUT2D eigenvalue weighted by Gasteiger charge is 2.29. The topological polar surface area (TPSA) is 185 Å². The lowest BCUT2D eigenvalue weighted by Gasteiger charge is -2.36. The quantitative estimate of drug-likeness (QED) is 0.265. The number of likely N-dealkylation sites (tertiary alicyclic amines) is 1. The van der Waals surface area contributed by atoms with Crippen LogP contribution in [0.3, 0.4) is 0 Å². The van der Waals surface area contributed by atoms with Crippen LogP contribution in [-0.4, -0.2) is 130 Å². The Morgan fingerprint density at radius 3 is 2.06 bits per heavy atom. The van der Waals surface area contributed by atoms with E-state index in [1.165, 1.54) is 6.20 Å². The normalized spacial score (nSPS) is 17.2. The largest absolute Gasteiger partial charge is 0.444 e. The van der Waals surface area contributed by atoms with E-state index in [1.807, 2.05) is 35.5 Å². The number of nitrogen functional groups attached to an aromatic ring is 1. The van der Waals surface area contributed by atoms with Gasteiger partial charge in [0, 0.05) is 77.9 Å². The molecule has 18 heteroatoms. The number of nitrogens with zero attached hydrogens (tertiary/aromatic N) is 9. The van der Waals surface area contributed by atoms with Crippen molar-refractivity contribution in [1.29, 1.82) is 0 Å². The highest BCUT2D eigenvalue weighted by atomic mass is 19.3. The van der Waals surface area contributed by atoms with Crippen LogP contribution in [0.2, 0.25) is 0 Å². The molecule has 3 saturated heterocycles.